The summed E-state index contributed by atoms with van der Waals surface area (Å²) in [4.78, 5) is 12.5. The molecular formula is C28H38O. The van der Waals surface area contributed by atoms with E-state index < -0.39 is 0 Å². The summed E-state index contributed by atoms with van der Waals surface area (Å²) in [7, 11) is 0. The van der Waals surface area contributed by atoms with Gasteiger partial charge in [0.1, 0.15) is 0 Å². The van der Waals surface area contributed by atoms with E-state index in [9.17, 15) is 4.79 Å². The summed E-state index contributed by atoms with van der Waals surface area (Å²) in [5, 5.41) is 0. The van der Waals surface area contributed by atoms with Gasteiger partial charge < -0.3 is 0 Å². The zero-order chi connectivity index (χ0) is 20.6. The van der Waals surface area contributed by atoms with E-state index in [1.807, 2.05) is 6.07 Å². The van der Waals surface area contributed by atoms with Gasteiger partial charge in [0.2, 0.25) is 0 Å². The van der Waals surface area contributed by atoms with Crippen molar-refractivity contribution in [1.82, 2.24) is 0 Å². The van der Waals surface area contributed by atoms with Gasteiger partial charge in [0, 0.05) is 12.0 Å². The van der Waals surface area contributed by atoms with Crippen LogP contribution in [0, 0.1) is 5.92 Å². The van der Waals surface area contributed by atoms with Crippen molar-refractivity contribution in [1.29, 1.82) is 0 Å². The highest BCUT2D eigenvalue weighted by molar-refractivity contribution is 5.97. The normalized spacial score (nSPS) is 12.3. The van der Waals surface area contributed by atoms with Crippen LogP contribution in [-0.4, -0.2) is 5.78 Å². The lowest BCUT2D eigenvalue weighted by atomic mass is 9.97. The number of hydrogen-bond acceptors (Lipinski definition) is 1. The molecule has 0 aliphatic heterocycles. The highest BCUT2D eigenvalue weighted by Crippen LogP contribution is 2.38. The van der Waals surface area contributed by atoms with E-state index >= 15 is 0 Å². The quantitative estimate of drug-likeness (QED) is 0.225. The Hall–Kier alpha value is -1.89. The minimum Gasteiger partial charge on any atom is -0.294 e. The smallest absolute Gasteiger partial charge is 0.162 e. The summed E-state index contributed by atoms with van der Waals surface area (Å²) < 4.78 is 0. The van der Waals surface area contributed by atoms with Gasteiger partial charge in [-0.2, -0.15) is 0 Å². The Kier molecular flexibility index (Phi) is 8.09. The molecule has 0 unspecified atom stereocenters. The summed E-state index contributed by atoms with van der Waals surface area (Å²) in [6.07, 6.45) is 13.3. The summed E-state index contributed by atoms with van der Waals surface area (Å²) in [6.45, 7) is 6.63. The molecule has 2 aromatic rings. The van der Waals surface area contributed by atoms with Crippen molar-refractivity contribution >= 4 is 5.78 Å². The largest absolute Gasteiger partial charge is 0.294 e. The number of fused-ring (bicyclic) bond motifs is 3. The monoisotopic (exact) mass is 390 g/mol. The minimum atomic E-state index is 0.289. The second-order valence-electron chi connectivity index (χ2n) is 9.27. The minimum absolute atomic E-state index is 0.289. The SMILES string of the molecule is CCCCCCCCCc1ccc2c(c1)Cc1cc(C(=O)CCC(C)C)ccc1-2. The maximum absolute atomic E-state index is 12.5. The molecule has 3 rings (SSSR count). The number of aryl methyl sites for hydroxylation is 1. The van der Waals surface area contributed by atoms with Gasteiger partial charge in [0.15, 0.2) is 5.78 Å². The molecule has 2 aromatic carbocycles. The average Bonchev–Trinajstić information content (AvgIpc) is 3.08. The molecule has 1 aliphatic carbocycles. The van der Waals surface area contributed by atoms with Crippen LogP contribution in [-0.2, 0) is 12.8 Å². The Bertz CT molecular complexity index is 815. The van der Waals surface area contributed by atoms with E-state index in [4.69, 9.17) is 0 Å². The molecule has 0 N–H and O–H groups in total. The Morgan fingerprint density at radius 3 is 2.24 bits per heavy atom. The fourth-order valence-corrected chi connectivity index (χ4v) is 4.44. The summed E-state index contributed by atoms with van der Waals surface area (Å²) >= 11 is 0. The first kappa shape index (κ1) is 21.8. The van der Waals surface area contributed by atoms with Crippen LogP contribution in [0.15, 0.2) is 36.4 Å². The lowest BCUT2D eigenvalue weighted by Gasteiger charge is -2.07. The van der Waals surface area contributed by atoms with Gasteiger partial charge in [-0.05, 0) is 65.5 Å². The van der Waals surface area contributed by atoms with Crippen molar-refractivity contribution in [3.63, 3.8) is 0 Å². The van der Waals surface area contributed by atoms with Crippen LogP contribution >= 0.6 is 0 Å². The zero-order valence-corrected chi connectivity index (χ0v) is 18.7. The Balaban J connectivity index is 1.56. The highest BCUT2D eigenvalue weighted by atomic mass is 16.1. The number of benzene rings is 2. The van der Waals surface area contributed by atoms with Gasteiger partial charge in [-0.3, -0.25) is 4.79 Å². The number of unbranched alkanes of at least 4 members (excludes halogenated alkanes) is 6. The van der Waals surface area contributed by atoms with Crippen LogP contribution in [0.3, 0.4) is 0 Å². The molecule has 0 bridgehead atoms. The van der Waals surface area contributed by atoms with Crippen molar-refractivity contribution in [3.05, 3.63) is 58.7 Å². The van der Waals surface area contributed by atoms with Crippen LogP contribution in [0.4, 0.5) is 0 Å². The number of carbonyl (C=O) groups is 1. The molecule has 0 saturated carbocycles. The van der Waals surface area contributed by atoms with Crippen molar-refractivity contribution in [2.45, 2.75) is 91.4 Å². The second kappa shape index (κ2) is 10.8. The average molecular weight is 391 g/mol. The zero-order valence-electron chi connectivity index (χ0n) is 18.7. The lowest BCUT2D eigenvalue weighted by Crippen LogP contribution is -2.02. The number of hydrogen-bond donors (Lipinski definition) is 0. The third kappa shape index (κ3) is 6.04. The first-order chi connectivity index (χ1) is 14.1. The summed E-state index contributed by atoms with van der Waals surface area (Å²) in [6, 6.07) is 13.4. The number of rotatable bonds is 12. The van der Waals surface area contributed by atoms with Crippen LogP contribution in [0.25, 0.3) is 11.1 Å². The Labute approximate surface area is 177 Å². The van der Waals surface area contributed by atoms with Gasteiger partial charge in [-0.15, -0.1) is 0 Å². The van der Waals surface area contributed by atoms with Gasteiger partial charge >= 0.3 is 0 Å². The predicted molar refractivity (Wildman–Crippen MR) is 125 cm³/mol. The van der Waals surface area contributed by atoms with Crippen LogP contribution in [0.2, 0.25) is 0 Å². The topological polar surface area (TPSA) is 17.1 Å². The molecule has 0 heterocycles. The molecule has 1 heteroatoms. The molecule has 1 aliphatic rings. The molecule has 0 fully saturated rings. The third-order valence-electron chi connectivity index (χ3n) is 6.29. The molecule has 0 amide bonds. The maximum Gasteiger partial charge on any atom is 0.162 e. The van der Waals surface area contributed by atoms with Crippen LogP contribution < -0.4 is 0 Å². The first-order valence-corrected chi connectivity index (χ1v) is 11.9. The first-order valence-electron chi connectivity index (χ1n) is 11.9. The summed E-state index contributed by atoms with van der Waals surface area (Å²) in [5.74, 6) is 0.865. The fraction of sp³-hybridized carbons (Fsp3) is 0.536. The Morgan fingerprint density at radius 1 is 0.862 bits per heavy atom. The second-order valence-corrected chi connectivity index (χ2v) is 9.27. The van der Waals surface area contributed by atoms with Crippen molar-refractivity contribution in [2.24, 2.45) is 5.92 Å². The standard InChI is InChI=1S/C28H38O/c1-4-5-6-7-8-9-10-11-22-13-15-26-24(18-22)20-25-19-23(14-16-27(25)26)28(29)17-12-21(2)3/h13-16,18-19,21H,4-12,17,20H2,1-3H3. The molecular weight excluding hydrogens is 352 g/mol. The third-order valence-corrected chi connectivity index (χ3v) is 6.29. The molecule has 0 saturated heterocycles. The molecule has 0 radical (unpaired) electrons. The van der Waals surface area contributed by atoms with Crippen LogP contribution in [0.1, 0.15) is 106 Å². The number of ketones is 1. The van der Waals surface area contributed by atoms with E-state index in [2.05, 4.69) is 51.1 Å². The number of Topliss-reactive ketones (excluding diaryl/α,β-unsaturated/α-hetero) is 1. The molecule has 156 valence electrons. The van der Waals surface area contributed by atoms with Crippen molar-refractivity contribution < 1.29 is 4.79 Å². The number of carbonyl (C=O) groups excluding carboxylic acids is 1. The van der Waals surface area contributed by atoms with Gasteiger partial charge in [-0.1, -0.05) is 89.6 Å². The van der Waals surface area contributed by atoms with E-state index in [1.165, 1.54) is 79.2 Å². The van der Waals surface area contributed by atoms with Gasteiger partial charge in [-0.25, -0.2) is 0 Å². The van der Waals surface area contributed by atoms with Crippen LogP contribution in [0.5, 0.6) is 0 Å². The van der Waals surface area contributed by atoms with E-state index in [1.54, 1.807) is 0 Å². The van der Waals surface area contributed by atoms with E-state index in [0.717, 1.165) is 18.4 Å². The van der Waals surface area contributed by atoms with Gasteiger partial charge in [0.25, 0.3) is 0 Å². The van der Waals surface area contributed by atoms with Crippen molar-refractivity contribution in [3.8, 4) is 11.1 Å². The predicted octanol–water partition coefficient (Wildman–Crippen LogP) is 8.17. The molecule has 1 nitrogen and oxygen atoms in total. The molecule has 0 atom stereocenters. The lowest BCUT2D eigenvalue weighted by molar-refractivity contribution is 0.0975. The highest BCUT2D eigenvalue weighted by Gasteiger charge is 2.20. The van der Waals surface area contributed by atoms with E-state index in [-0.39, 0.29) is 5.78 Å². The Morgan fingerprint density at radius 2 is 1.52 bits per heavy atom. The summed E-state index contributed by atoms with van der Waals surface area (Å²) in [5.41, 5.74) is 7.81. The maximum atomic E-state index is 12.5. The molecule has 0 spiro atoms. The van der Waals surface area contributed by atoms with E-state index in [0.29, 0.717) is 12.3 Å². The fourth-order valence-electron chi connectivity index (χ4n) is 4.44. The van der Waals surface area contributed by atoms with Crippen molar-refractivity contribution in [2.75, 3.05) is 0 Å². The molecule has 0 aromatic heterocycles. The van der Waals surface area contributed by atoms with Gasteiger partial charge in [0.05, 0.1) is 0 Å². The molecule has 29 heavy (non-hydrogen) atoms.